The molecule has 136 valence electrons. The van der Waals surface area contributed by atoms with Gasteiger partial charge in [-0.05, 0) is 30.9 Å². The smallest absolute Gasteiger partial charge is 0.349 e. The number of nitrogens with one attached hydrogen (secondary N) is 1. The van der Waals surface area contributed by atoms with Gasteiger partial charge in [0.05, 0.1) is 12.1 Å². The Labute approximate surface area is 143 Å². The maximum atomic E-state index is 12.9. The van der Waals surface area contributed by atoms with Crippen molar-refractivity contribution < 1.29 is 13.2 Å². The molecule has 3 rings (SSSR count). The number of aromatic nitrogens is 3. The maximum absolute atomic E-state index is 12.9. The molecule has 1 aliphatic rings. The fourth-order valence-corrected chi connectivity index (χ4v) is 2.94. The van der Waals surface area contributed by atoms with Gasteiger partial charge >= 0.3 is 6.18 Å². The number of pyridine rings is 1. The highest BCUT2D eigenvalue weighted by molar-refractivity contribution is 5.79. The van der Waals surface area contributed by atoms with E-state index >= 15 is 0 Å². The number of piperidine rings is 1. The summed E-state index contributed by atoms with van der Waals surface area (Å²) in [5.41, 5.74) is -0.345. The van der Waals surface area contributed by atoms with Crippen molar-refractivity contribution in [2.75, 3.05) is 20.1 Å². The van der Waals surface area contributed by atoms with Crippen LogP contribution in [0.4, 0.5) is 13.2 Å². The Morgan fingerprint density at radius 2 is 2.00 bits per heavy atom. The first-order valence-electron chi connectivity index (χ1n) is 8.25. The van der Waals surface area contributed by atoms with E-state index in [1.54, 1.807) is 7.05 Å². The molecular weight excluding hydrogens is 333 g/mol. The van der Waals surface area contributed by atoms with E-state index < -0.39 is 11.7 Å². The van der Waals surface area contributed by atoms with Crippen LogP contribution in [0.25, 0.3) is 5.65 Å². The Kier molecular flexibility index (Phi) is 4.82. The lowest BCUT2D eigenvalue weighted by molar-refractivity contribution is -0.137. The van der Waals surface area contributed by atoms with E-state index in [1.165, 1.54) is 10.5 Å². The van der Waals surface area contributed by atoms with E-state index in [2.05, 4.69) is 32.3 Å². The van der Waals surface area contributed by atoms with Gasteiger partial charge in [-0.2, -0.15) is 13.2 Å². The molecule has 0 atom stereocenters. The van der Waals surface area contributed by atoms with E-state index in [0.29, 0.717) is 17.4 Å². The highest BCUT2D eigenvalue weighted by Gasteiger charge is 2.31. The molecule has 0 aliphatic carbocycles. The molecule has 0 bridgehead atoms. The molecule has 25 heavy (non-hydrogen) atoms. The van der Waals surface area contributed by atoms with Crippen molar-refractivity contribution >= 4 is 11.6 Å². The van der Waals surface area contributed by atoms with Crippen molar-refractivity contribution in [2.45, 2.75) is 32.5 Å². The molecule has 0 unspecified atom stereocenters. The Morgan fingerprint density at radius 1 is 1.28 bits per heavy atom. The number of nitrogens with zero attached hydrogens (tertiary/aromatic N) is 5. The van der Waals surface area contributed by atoms with Gasteiger partial charge in [-0.25, -0.2) is 0 Å². The fourth-order valence-electron chi connectivity index (χ4n) is 2.94. The summed E-state index contributed by atoms with van der Waals surface area (Å²) in [5.74, 6) is 1.85. The van der Waals surface area contributed by atoms with Gasteiger partial charge in [0.25, 0.3) is 0 Å². The molecule has 0 spiro atoms. The van der Waals surface area contributed by atoms with Gasteiger partial charge in [-0.3, -0.25) is 9.39 Å². The number of halogens is 3. The molecule has 6 nitrogen and oxygen atoms in total. The Balaban J connectivity index is 1.74. The third kappa shape index (κ3) is 3.85. The van der Waals surface area contributed by atoms with Crippen molar-refractivity contribution in [3.8, 4) is 0 Å². The van der Waals surface area contributed by atoms with Crippen molar-refractivity contribution in [3.05, 3.63) is 29.7 Å². The largest absolute Gasteiger partial charge is 0.417 e. The SMILES string of the molecule is CN=C(NCc1nnc2ccc(C(F)(F)F)cn12)N1CCC(C)CC1. The highest BCUT2D eigenvalue weighted by atomic mass is 19.4. The zero-order valence-electron chi connectivity index (χ0n) is 14.2. The summed E-state index contributed by atoms with van der Waals surface area (Å²) in [5, 5.41) is 11.1. The van der Waals surface area contributed by atoms with Gasteiger partial charge < -0.3 is 10.2 Å². The number of alkyl halides is 3. The van der Waals surface area contributed by atoms with E-state index in [1.807, 2.05) is 0 Å². The minimum Gasteiger partial charge on any atom is -0.349 e. The average molecular weight is 354 g/mol. The molecule has 1 N–H and O–H groups in total. The molecule has 1 aliphatic heterocycles. The van der Waals surface area contributed by atoms with Crippen LogP contribution in [-0.4, -0.2) is 45.6 Å². The minimum atomic E-state index is -4.40. The summed E-state index contributed by atoms with van der Waals surface area (Å²) >= 11 is 0. The fraction of sp³-hybridized carbons (Fsp3) is 0.562. The van der Waals surface area contributed by atoms with Crippen LogP contribution in [0.3, 0.4) is 0 Å². The number of hydrogen-bond donors (Lipinski definition) is 1. The monoisotopic (exact) mass is 354 g/mol. The molecule has 9 heteroatoms. The van der Waals surface area contributed by atoms with E-state index in [4.69, 9.17) is 0 Å². The van der Waals surface area contributed by atoms with Gasteiger partial charge in [0, 0.05) is 26.3 Å². The molecule has 0 amide bonds. The molecule has 0 saturated carbocycles. The van der Waals surface area contributed by atoms with Crippen LogP contribution in [-0.2, 0) is 12.7 Å². The number of hydrogen-bond acceptors (Lipinski definition) is 3. The van der Waals surface area contributed by atoms with Crippen LogP contribution in [0.5, 0.6) is 0 Å². The van der Waals surface area contributed by atoms with Crippen molar-refractivity contribution in [2.24, 2.45) is 10.9 Å². The predicted octanol–water partition coefficient (Wildman–Crippen LogP) is 2.56. The van der Waals surface area contributed by atoms with Gasteiger partial charge in [-0.1, -0.05) is 6.92 Å². The van der Waals surface area contributed by atoms with Gasteiger partial charge in [0.1, 0.15) is 0 Å². The summed E-state index contributed by atoms with van der Waals surface area (Å²) < 4.78 is 40.1. The molecule has 0 radical (unpaired) electrons. The third-order valence-corrected chi connectivity index (χ3v) is 4.50. The van der Waals surface area contributed by atoms with Crippen LogP contribution in [0.2, 0.25) is 0 Å². The second kappa shape index (κ2) is 6.89. The average Bonchev–Trinajstić information content (AvgIpc) is 2.98. The van der Waals surface area contributed by atoms with E-state index in [9.17, 15) is 13.2 Å². The second-order valence-corrected chi connectivity index (χ2v) is 6.33. The van der Waals surface area contributed by atoms with Crippen LogP contribution in [0.1, 0.15) is 31.2 Å². The van der Waals surface area contributed by atoms with Crippen molar-refractivity contribution in [3.63, 3.8) is 0 Å². The number of guanidine groups is 1. The highest BCUT2D eigenvalue weighted by Crippen LogP contribution is 2.29. The van der Waals surface area contributed by atoms with Crippen LogP contribution >= 0.6 is 0 Å². The summed E-state index contributed by atoms with van der Waals surface area (Å²) in [6.07, 6.45) is -1.17. The molecule has 2 aromatic rings. The zero-order chi connectivity index (χ0) is 18.0. The van der Waals surface area contributed by atoms with Gasteiger partial charge in [0.2, 0.25) is 0 Å². The molecular formula is C16H21F3N6. The maximum Gasteiger partial charge on any atom is 0.417 e. The third-order valence-electron chi connectivity index (χ3n) is 4.50. The van der Waals surface area contributed by atoms with Crippen LogP contribution in [0, 0.1) is 5.92 Å². The van der Waals surface area contributed by atoms with E-state index in [0.717, 1.165) is 44.2 Å². The molecule has 1 fully saturated rings. The quantitative estimate of drug-likeness (QED) is 0.665. The van der Waals surface area contributed by atoms with E-state index in [-0.39, 0.29) is 6.54 Å². The van der Waals surface area contributed by atoms with Gasteiger partial charge in [-0.15, -0.1) is 10.2 Å². The Hall–Kier alpha value is -2.32. The lowest BCUT2D eigenvalue weighted by Crippen LogP contribution is -2.45. The molecule has 2 aromatic heterocycles. The number of fused-ring (bicyclic) bond motifs is 1. The van der Waals surface area contributed by atoms with Crippen LogP contribution < -0.4 is 5.32 Å². The normalized spacial score (nSPS) is 17.3. The number of aliphatic imine (C=N–C) groups is 1. The van der Waals surface area contributed by atoms with Crippen molar-refractivity contribution in [1.29, 1.82) is 0 Å². The first-order chi connectivity index (χ1) is 11.9. The standard InChI is InChI=1S/C16H21F3N6/c1-11-5-7-24(8-6-11)15(20-2)21-9-14-23-22-13-4-3-12(10-25(13)14)16(17,18)19/h3-4,10-11H,5-9H2,1-2H3,(H,20,21). The zero-order valence-corrected chi connectivity index (χ0v) is 14.2. The first kappa shape index (κ1) is 17.5. The molecule has 3 heterocycles. The first-order valence-corrected chi connectivity index (χ1v) is 8.25. The lowest BCUT2D eigenvalue weighted by atomic mass is 10.00. The predicted molar refractivity (Wildman–Crippen MR) is 88.2 cm³/mol. The second-order valence-electron chi connectivity index (χ2n) is 6.33. The topological polar surface area (TPSA) is 57.8 Å². The van der Waals surface area contributed by atoms with Gasteiger partial charge in [0.15, 0.2) is 17.4 Å². The molecule has 1 saturated heterocycles. The summed E-state index contributed by atoms with van der Waals surface area (Å²) in [6.45, 7) is 4.31. The molecule has 0 aromatic carbocycles. The number of likely N-dealkylation sites (tertiary alicyclic amines) is 1. The Morgan fingerprint density at radius 3 is 2.64 bits per heavy atom. The summed E-state index contributed by atoms with van der Waals surface area (Å²) in [4.78, 5) is 6.42. The Bertz CT molecular complexity index is 759. The minimum absolute atomic E-state index is 0.251. The lowest BCUT2D eigenvalue weighted by Gasteiger charge is -2.32. The van der Waals surface area contributed by atoms with Crippen LogP contribution in [0.15, 0.2) is 23.3 Å². The summed E-state index contributed by atoms with van der Waals surface area (Å²) in [7, 11) is 1.70. The van der Waals surface area contributed by atoms with Crippen molar-refractivity contribution in [1.82, 2.24) is 24.8 Å². The number of rotatable bonds is 2. The summed E-state index contributed by atoms with van der Waals surface area (Å²) in [6, 6.07) is 2.33.